The largest absolute Gasteiger partial charge is 0.346 e. The summed E-state index contributed by atoms with van der Waals surface area (Å²) in [7, 11) is 0. The third kappa shape index (κ3) is 7.69. The van der Waals surface area contributed by atoms with E-state index in [0.717, 1.165) is 25.9 Å². The lowest BCUT2D eigenvalue weighted by Gasteiger charge is -2.34. The average Bonchev–Trinajstić information content (AvgIpc) is 3.05. The van der Waals surface area contributed by atoms with Gasteiger partial charge in [-0.3, -0.25) is 9.59 Å². The van der Waals surface area contributed by atoms with Gasteiger partial charge >= 0.3 is 0 Å². The van der Waals surface area contributed by atoms with Crippen molar-refractivity contribution in [1.29, 1.82) is 0 Å². The maximum Gasteiger partial charge on any atom is 0.241 e. The normalized spacial score (nSPS) is 19.9. The standard InChI is InChI=1S/C17H32N4O2.2ClH/c1-13(2)16(18)17(23)19-11-15(22)21-9-5-14(6-10-21)12-20-7-3-4-8-20;;/h13-14,16H,3-12,18H2,1-2H3,(H,19,23);2*1H/t16-;;/m0../s1. The van der Waals surface area contributed by atoms with Gasteiger partial charge in [-0.1, -0.05) is 13.8 Å². The number of nitrogens with zero attached hydrogens (tertiary/aromatic N) is 2. The molecule has 0 spiro atoms. The molecule has 2 aliphatic rings. The van der Waals surface area contributed by atoms with Crippen molar-refractivity contribution in [3.8, 4) is 0 Å². The van der Waals surface area contributed by atoms with Gasteiger partial charge in [-0.25, -0.2) is 0 Å². The second kappa shape index (κ2) is 11.9. The number of carbonyl (C=O) groups excluding carboxylic acids is 2. The van der Waals surface area contributed by atoms with E-state index >= 15 is 0 Å². The van der Waals surface area contributed by atoms with Crippen LogP contribution in [0, 0.1) is 11.8 Å². The molecule has 25 heavy (non-hydrogen) atoms. The van der Waals surface area contributed by atoms with Crippen molar-refractivity contribution in [2.24, 2.45) is 17.6 Å². The first kappa shape index (κ1) is 24.4. The van der Waals surface area contributed by atoms with Crippen molar-refractivity contribution < 1.29 is 9.59 Å². The number of nitrogens with one attached hydrogen (secondary N) is 1. The molecule has 1 atom stereocenters. The lowest BCUT2D eigenvalue weighted by atomic mass is 9.96. The van der Waals surface area contributed by atoms with Gasteiger partial charge < -0.3 is 20.9 Å². The fraction of sp³-hybridized carbons (Fsp3) is 0.882. The van der Waals surface area contributed by atoms with Crippen molar-refractivity contribution in [2.75, 3.05) is 39.3 Å². The molecule has 0 aliphatic carbocycles. The maximum absolute atomic E-state index is 12.2. The maximum atomic E-state index is 12.2. The Bertz CT molecular complexity index is 409. The first-order valence-corrected chi connectivity index (χ1v) is 9.00. The average molecular weight is 397 g/mol. The summed E-state index contributed by atoms with van der Waals surface area (Å²) in [6.45, 7) is 9.14. The Morgan fingerprint density at radius 2 is 1.64 bits per heavy atom. The topological polar surface area (TPSA) is 78.7 Å². The van der Waals surface area contributed by atoms with Gasteiger partial charge in [-0.2, -0.15) is 0 Å². The van der Waals surface area contributed by atoms with E-state index in [2.05, 4.69) is 10.2 Å². The van der Waals surface area contributed by atoms with Gasteiger partial charge in [0.25, 0.3) is 0 Å². The minimum atomic E-state index is -0.547. The van der Waals surface area contributed by atoms with Crippen LogP contribution in [0.25, 0.3) is 0 Å². The molecule has 0 aromatic carbocycles. The van der Waals surface area contributed by atoms with Crippen molar-refractivity contribution in [3.63, 3.8) is 0 Å². The fourth-order valence-corrected chi connectivity index (χ4v) is 3.39. The zero-order valence-electron chi connectivity index (χ0n) is 15.4. The molecule has 0 radical (unpaired) electrons. The van der Waals surface area contributed by atoms with Crippen LogP contribution in [0.4, 0.5) is 0 Å². The molecule has 2 aliphatic heterocycles. The first-order valence-electron chi connectivity index (χ1n) is 9.00. The van der Waals surface area contributed by atoms with E-state index in [1.165, 1.54) is 32.5 Å². The van der Waals surface area contributed by atoms with Crippen LogP contribution in [-0.4, -0.2) is 66.9 Å². The van der Waals surface area contributed by atoms with Crippen LogP contribution < -0.4 is 11.1 Å². The van der Waals surface area contributed by atoms with Gasteiger partial charge in [-0.15, -0.1) is 24.8 Å². The van der Waals surface area contributed by atoms with Gasteiger partial charge in [0.05, 0.1) is 12.6 Å². The SMILES string of the molecule is CC(C)[C@H](N)C(=O)NCC(=O)N1CCC(CN2CCCC2)CC1.Cl.Cl. The van der Waals surface area contributed by atoms with Crippen LogP contribution in [-0.2, 0) is 9.59 Å². The molecule has 0 aromatic rings. The number of halogens is 2. The number of carbonyl (C=O) groups is 2. The van der Waals surface area contributed by atoms with E-state index in [-0.39, 0.29) is 49.1 Å². The minimum Gasteiger partial charge on any atom is -0.346 e. The van der Waals surface area contributed by atoms with Crippen LogP contribution in [0.5, 0.6) is 0 Å². The Kier molecular flexibility index (Phi) is 11.7. The van der Waals surface area contributed by atoms with Crippen LogP contribution >= 0.6 is 24.8 Å². The predicted molar refractivity (Wildman–Crippen MR) is 105 cm³/mol. The highest BCUT2D eigenvalue weighted by molar-refractivity contribution is 5.87. The Morgan fingerprint density at radius 1 is 1.08 bits per heavy atom. The number of nitrogens with two attached hydrogens (primary N) is 1. The summed E-state index contributed by atoms with van der Waals surface area (Å²) in [5.41, 5.74) is 5.78. The summed E-state index contributed by atoms with van der Waals surface area (Å²) < 4.78 is 0. The highest BCUT2D eigenvalue weighted by atomic mass is 35.5. The van der Waals surface area contributed by atoms with E-state index in [4.69, 9.17) is 5.73 Å². The number of hydrogen-bond acceptors (Lipinski definition) is 4. The molecule has 8 heteroatoms. The second-order valence-corrected chi connectivity index (χ2v) is 7.32. The Hall–Kier alpha value is -0.560. The Balaban J connectivity index is 0.00000288. The van der Waals surface area contributed by atoms with Crippen molar-refractivity contribution in [3.05, 3.63) is 0 Å². The van der Waals surface area contributed by atoms with E-state index < -0.39 is 6.04 Å². The van der Waals surface area contributed by atoms with Crippen LogP contribution in [0.15, 0.2) is 0 Å². The van der Waals surface area contributed by atoms with E-state index in [0.29, 0.717) is 5.92 Å². The third-order valence-corrected chi connectivity index (χ3v) is 5.12. The molecular weight excluding hydrogens is 363 g/mol. The highest BCUT2D eigenvalue weighted by Crippen LogP contribution is 2.20. The Morgan fingerprint density at radius 3 is 2.16 bits per heavy atom. The molecular formula is C17H34Cl2N4O2. The van der Waals surface area contributed by atoms with Crippen molar-refractivity contribution in [2.45, 2.75) is 45.6 Å². The zero-order valence-corrected chi connectivity index (χ0v) is 17.0. The lowest BCUT2D eigenvalue weighted by molar-refractivity contribution is -0.134. The smallest absolute Gasteiger partial charge is 0.241 e. The van der Waals surface area contributed by atoms with Gasteiger partial charge in [0.15, 0.2) is 0 Å². The van der Waals surface area contributed by atoms with E-state index in [1.54, 1.807) is 0 Å². The second-order valence-electron chi connectivity index (χ2n) is 7.32. The number of piperidine rings is 1. The summed E-state index contributed by atoms with van der Waals surface area (Å²) in [6.07, 6.45) is 4.80. The van der Waals surface area contributed by atoms with Gasteiger partial charge in [0.1, 0.15) is 0 Å². The number of hydrogen-bond donors (Lipinski definition) is 2. The molecule has 0 aromatic heterocycles. The molecule has 2 amide bonds. The molecule has 2 rings (SSSR count). The van der Waals surface area contributed by atoms with Crippen LogP contribution in [0.1, 0.15) is 39.5 Å². The first-order chi connectivity index (χ1) is 11.0. The fourth-order valence-electron chi connectivity index (χ4n) is 3.39. The van der Waals surface area contributed by atoms with E-state index in [9.17, 15) is 9.59 Å². The van der Waals surface area contributed by atoms with Gasteiger partial charge in [0.2, 0.25) is 11.8 Å². The lowest BCUT2D eigenvalue weighted by Crippen LogP contribution is -2.49. The van der Waals surface area contributed by atoms with Gasteiger partial charge in [0, 0.05) is 19.6 Å². The molecule has 2 heterocycles. The molecule has 0 unspecified atom stereocenters. The predicted octanol–water partition coefficient (Wildman–Crippen LogP) is 1.26. The van der Waals surface area contributed by atoms with E-state index in [1.807, 2.05) is 18.7 Å². The Labute approximate surface area is 164 Å². The summed E-state index contributed by atoms with van der Waals surface area (Å²) >= 11 is 0. The summed E-state index contributed by atoms with van der Waals surface area (Å²) in [4.78, 5) is 28.4. The molecule has 148 valence electrons. The number of amides is 2. The van der Waals surface area contributed by atoms with Gasteiger partial charge in [-0.05, 0) is 50.6 Å². The monoisotopic (exact) mass is 396 g/mol. The molecule has 2 saturated heterocycles. The van der Waals surface area contributed by atoms with Crippen molar-refractivity contribution in [1.82, 2.24) is 15.1 Å². The number of likely N-dealkylation sites (tertiary alicyclic amines) is 2. The minimum absolute atomic E-state index is 0. The van der Waals surface area contributed by atoms with Crippen molar-refractivity contribution >= 4 is 36.6 Å². The summed E-state index contributed by atoms with van der Waals surface area (Å²) in [5.74, 6) is 0.554. The third-order valence-electron chi connectivity index (χ3n) is 5.12. The number of rotatable bonds is 6. The van der Waals surface area contributed by atoms with Crippen LogP contribution in [0.3, 0.4) is 0 Å². The summed E-state index contributed by atoms with van der Waals surface area (Å²) in [5, 5.41) is 2.67. The molecule has 0 saturated carbocycles. The van der Waals surface area contributed by atoms with Crippen LogP contribution in [0.2, 0.25) is 0 Å². The quantitative estimate of drug-likeness (QED) is 0.708. The molecule has 2 fully saturated rings. The highest BCUT2D eigenvalue weighted by Gasteiger charge is 2.26. The summed E-state index contributed by atoms with van der Waals surface area (Å²) in [6, 6.07) is -0.547. The zero-order chi connectivity index (χ0) is 16.8. The molecule has 6 nitrogen and oxygen atoms in total. The molecule has 3 N–H and O–H groups in total. The molecule has 0 bridgehead atoms.